The second kappa shape index (κ2) is 6.86. The highest BCUT2D eigenvalue weighted by molar-refractivity contribution is 7.99. The molecule has 2 atom stereocenters. The predicted octanol–water partition coefficient (Wildman–Crippen LogP) is 2.11. The van der Waals surface area contributed by atoms with Gasteiger partial charge in [0, 0.05) is 17.6 Å². The number of carboxylic acid groups (broad SMARTS) is 1. The molecule has 5 nitrogen and oxygen atoms in total. The fourth-order valence-electron chi connectivity index (χ4n) is 1.86. The van der Waals surface area contributed by atoms with Gasteiger partial charge < -0.3 is 10.4 Å². The first-order valence-electron chi connectivity index (χ1n) is 6.31. The zero-order valence-electron chi connectivity index (χ0n) is 11.8. The topological polar surface area (TPSA) is 75.1 Å². The Hall–Kier alpha value is -1.14. The van der Waals surface area contributed by atoms with Gasteiger partial charge in [0.15, 0.2) is 5.16 Å². The normalized spacial score (nSPS) is 15.8. The first-order chi connectivity index (χ1) is 8.87. The summed E-state index contributed by atoms with van der Waals surface area (Å²) < 4.78 is 0. The molecular weight excluding hydrogens is 262 g/mol. The molecule has 0 saturated heterocycles. The molecule has 1 rings (SSSR count). The molecule has 0 amide bonds. The van der Waals surface area contributed by atoms with Crippen molar-refractivity contribution in [2.45, 2.75) is 50.1 Å². The van der Waals surface area contributed by atoms with Crippen LogP contribution < -0.4 is 5.32 Å². The van der Waals surface area contributed by atoms with Gasteiger partial charge in [-0.05, 0) is 32.4 Å². The number of aromatic nitrogens is 2. The van der Waals surface area contributed by atoms with Crippen molar-refractivity contribution >= 4 is 17.7 Å². The molecule has 1 aromatic rings. The Morgan fingerprint density at radius 3 is 2.58 bits per heavy atom. The fraction of sp³-hybridized carbons (Fsp3) is 0.615. The molecule has 2 unspecified atom stereocenters. The number of carbonyl (C=O) groups is 1. The van der Waals surface area contributed by atoms with Crippen LogP contribution in [0.2, 0.25) is 0 Å². The average Bonchev–Trinajstić information content (AvgIpc) is 2.32. The summed E-state index contributed by atoms with van der Waals surface area (Å²) in [6.07, 6.45) is 4.05. The second-order valence-corrected chi connectivity index (χ2v) is 6.25. The monoisotopic (exact) mass is 283 g/mol. The SMILES string of the molecule is CCNC(C)(CC(C)Sc1ncc(C)cn1)C(=O)O. The predicted molar refractivity (Wildman–Crippen MR) is 76.4 cm³/mol. The van der Waals surface area contributed by atoms with Crippen molar-refractivity contribution in [3.8, 4) is 0 Å². The van der Waals surface area contributed by atoms with Crippen molar-refractivity contribution in [2.75, 3.05) is 6.54 Å². The number of likely N-dealkylation sites (N-methyl/N-ethyl adjacent to an activating group) is 1. The van der Waals surface area contributed by atoms with E-state index >= 15 is 0 Å². The van der Waals surface area contributed by atoms with Gasteiger partial charge in [0.2, 0.25) is 0 Å². The molecular formula is C13H21N3O2S. The lowest BCUT2D eigenvalue weighted by atomic mass is 9.96. The highest BCUT2D eigenvalue weighted by atomic mass is 32.2. The van der Waals surface area contributed by atoms with Crippen LogP contribution >= 0.6 is 11.8 Å². The van der Waals surface area contributed by atoms with E-state index in [9.17, 15) is 9.90 Å². The number of hydrogen-bond acceptors (Lipinski definition) is 5. The highest BCUT2D eigenvalue weighted by Crippen LogP contribution is 2.26. The fourth-order valence-corrected chi connectivity index (χ4v) is 2.87. The van der Waals surface area contributed by atoms with E-state index in [-0.39, 0.29) is 5.25 Å². The van der Waals surface area contributed by atoms with Crippen molar-refractivity contribution in [1.29, 1.82) is 0 Å². The Kier molecular flexibility index (Phi) is 5.75. The maximum absolute atomic E-state index is 11.3. The van der Waals surface area contributed by atoms with E-state index in [2.05, 4.69) is 15.3 Å². The lowest BCUT2D eigenvalue weighted by molar-refractivity contribution is -0.144. The molecule has 106 valence electrons. The minimum atomic E-state index is -0.911. The third-order valence-electron chi connectivity index (χ3n) is 2.80. The Bertz CT molecular complexity index is 424. The first kappa shape index (κ1) is 15.9. The van der Waals surface area contributed by atoms with Crippen LogP contribution in [0.15, 0.2) is 17.6 Å². The number of thioether (sulfide) groups is 1. The molecule has 0 aliphatic rings. The average molecular weight is 283 g/mol. The molecule has 0 aliphatic carbocycles. The van der Waals surface area contributed by atoms with Crippen LogP contribution in [-0.4, -0.2) is 38.4 Å². The highest BCUT2D eigenvalue weighted by Gasteiger charge is 2.34. The van der Waals surface area contributed by atoms with Crippen molar-refractivity contribution in [1.82, 2.24) is 15.3 Å². The zero-order valence-corrected chi connectivity index (χ0v) is 12.6. The minimum Gasteiger partial charge on any atom is -0.480 e. The van der Waals surface area contributed by atoms with Crippen LogP contribution in [-0.2, 0) is 4.79 Å². The van der Waals surface area contributed by atoms with Crippen molar-refractivity contribution in [3.05, 3.63) is 18.0 Å². The van der Waals surface area contributed by atoms with E-state index in [1.54, 1.807) is 19.3 Å². The van der Waals surface area contributed by atoms with Gasteiger partial charge >= 0.3 is 5.97 Å². The van der Waals surface area contributed by atoms with Crippen LogP contribution in [0.1, 0.15) is 32.8 Å². The van der Waals surface area contributed by atoms with Gasteiger partial charge in [-0.25, -0.2) is 9.97 Å². The summed E-state index contributed by atoms with van der Waals surface area (Å²) in [6, 6.07) is 0. The molecule has 0 spiro atoms. The van der Waals surface area contributed by atoms with E-state index in [1.807, 2.05) is 20.8 Å². The number of nitrogens with zero attached hydrogens (tertiary/aromatic N) is 2. The molecule has 0 saturated carbocycles. The number of aryl methyl sites for hydroxylation is 1. The van der Waals surface area contributed by atoms with Gasteiger partial charge in [0.1, 0.15) is 5.54 Å². The van der Waals surface area contributed by atoms with Crippen LogP contribution in [0, 0.1) is 6.92 Å². The van der Waals surface area contributed by atoms with Crippen molar-refractivity contribution < 1.29 is 9.90 Å². The van der Waals surface area contributed by atoms with Gasteiger partial charge in [-0.2, -0.15) is 0 Å². The van der Waals surface area contributed by atoms with E-state index in [4.69, 9.17) is 0 Å². The maximum Gasteiger partial charge on any atom is 0.323 e. The summed E-state index contributed by atoms with van der Waals surface area (Å²) in [5.41, 5.74) is 0.103. The Morgan fingerprint density at radius 2 is 2.11 bits per heavy atom. The van der Waals surface area contributed by atoms with Gasteiger partial charge in [0.05, 0.1) is 0 Å². The quantitative estimate of drug-likeness (QED) is 0.589. The summed E-state index contributed by atoms with van der Waals surface area (Å²) in [7, 11) is 0. The standard InChI is InChI=1S/C13H21N3O2S/c1-5-16-13(4,11(17)18)6-10(3)19-12-14-7-9(2)8-15-12/h7-8,10,16H,5-6H2,1-4H3,(H,17,18). The zero-order chi connectivity index (χ0) is 14.5. The molecule has 6 heteroatoms. The largest absolute Gasteiger partial charge is 0.480 e. The van der Waals surface area contributed by atoms with Gasteiger partial charge in [0.25, 0.3) is 0 Å². The van der Waals surface area contributed by atoms with Crippen LogP contribution in [0.3, 0.4) is 0 Å². The Balaban J connectivity index is 2.65. The van der Waals surface area contributed by atoms with E-state index < -0.39 is 11.5 Å². The molecule has 0 bridgehead atoms. The summed E-state index contributed by atoms with van der Waals surface area (Å²) in [5, 5.41) is 13.1. The van der Waals surface area contributed by atoms with E-state index in [1.165, 1.54) is 11.8 Å². The van der Waals surface area contributed by atoms with Crippen molar-refractivity contribution in [2.24, 2.45) is 0 Å². The number of nitrogens with one attached hydrogen (secondary N) is 1. The third-order valence-corrected chi connectivity index (χ3v) is 3.79. The molecule has 19 heavy (non-hydrogen) atoms. The Morgan fingerprint density at radius 1 is 1.53 bits per heavy atom. The second-order valence-electron chi connectivity index (χ2n) is 4.84. The summed E-state index contributed by atoms with van der Waals surface area (Å²) in [4.78, 5) is 19.8. The molecule has 1 heterocycles. The third kappa shape index (κ3) is 4.80. The van der Waals surface area contributed by atoms with E-state index in [0.29, 0.717) is 18.1 Å². The number of hydrogen-bond donors (Lipinski definition) is 2. The molecule has 1 aromatic heterocycles. The molecule has 0 aromatic carbocycles. The van der Waals surface area contributed by atoms with Gasteiger partial charge in [-0.15, -0.1) is 0 Å². The lowest BCUT2D eigenvalue weighted by Crippen LogP contribution is -2.50. The molecule has 0 aliphatic heterocycles. The smallest absolute Gasteiger partial charge is 0.323 e. The number of aliphatic carboxylic acids is 1. The first-order valence-corrected chi connectivity index (χ1v) is 7.19. The van der Waals surface area contributed by atoms with E-state index in [0.717, 1.165) is 5.56 Å². The Labute approximate surface area is 118 Å². The number of carboxylic acids is 1. The van der Waals surface area contributed by atoms with Crippen molar-refractivity contribution in [3.63, 3.8) is 0 Å². The lowest BCUT2D eigenvalue weighted by Gasteiger charge is -2.28. The number of rotatable bonds is 7. The molecule has 0 radical (unpaired) electrons. The summed E-state index contributed by atoms with van der Waals surface area (Å²) in [5.74, 6) is -0.827. The summed E-state index contributed by atoms with van der Waals surface area (Å²) >= 11 is 1.50. The summed E-state index contributed by atoms with van der Waals surface area (Å²) in [6.45, 7) is 8.17. The van der Waals surface area contributed by atoms with Crippen LogP contribution in [0.4, 0.5) is 0 Å². The molecule has 2 N–H and O–H groups in total. The van der Waals surface area contributed by atoms with Gasteiger partial charge in [-0.3, -0.25) is 4.79 Å². The van der Waals surface area contributed by atoms with Crippen LogP contribution in [0.5, 0.6) is 0 Å². The van der Waals surface area contributed by atoms with Crippen LogP contribution in [0.25, 0.3) is 0 Å². The van der Waals surface area contributed by atoms with Gasteiger partial charge in [-0.1, -0.05) is 25.6 Å². The minimum absolute atomic E-state index is 0.114. The molecule has 0 fully saturated rings. The maximum atomic E-state index is 11.3.